The molecule has 26 heavy (non-hydrogen) atoms. The van der Waals surface area contributed by atoms with Crippen LogP contribution < -0.4 is 4.90 Å². The molecule has 1 aromatic carbocycles. The van der Waals surface area contributed by atoms with Crippen LogP contribution in [0.2, 0.25) is 0 Å². The molecule has 0 N–H and O–H groups in total. The number of carbonyl (C=O) groups is 1. The number of halogens is 1. The molecule has 0 bridgehead atoms. The Hall–Kier alpha value is -2.19. The van der Waals surface area contributed by atoms with Gasteiger partial charge >= 0.3 is 0 Å². The van der Waals surface area contributed by atoms with Crippen molar-refractivity contribution < 1.29 is 9.18 Å². The molecule has 0 radical (unpaired) electrons. The highest BCUT2D eigenvalue weighted by Crippen LogP contribution is 2.28. The number of para-hydroxylation sites is 1. The van der Waals surface area contributed by atoms with Crippen LogP contribution in [0.25, 0.3) is 10.2 Å². The fourth-order valence-electron chi connectivity index (χ4n) is 3.01. The molecule has 1 amide bonds. The highest BCUT2D eigenvalue weighted by Gasteiger charge is 2.23. The number of hydrogen-bond acceptors (Lipinski definition) is 6. The summed E-state index contributed by atoms with van der Waals surface area (Å²) in [6.07, 6.45) is 1.54. The first kappa shape index (κ1) is 17.2. The number of benzene rings is 1. The summed E-state index contributed by atoms with van der Waals surface area (Å²) in [5, 5.41) is 3.82. The highest BCUT2D eigenvalue weighted by molar-refractivity contribution is 8.00. The molecule has 5 nitrogen and oxygen atoms in total. The number of anilines is 1. The number of thiophene rings is 1. The maximum absolute atomic E-state index is 13.9. The Kier molecular flexibility index (Phi) is 5.03. The molecule has 0 aliphatic carbocycles. The lowest BCUT2D eigenvalue weighted by molar-refractivity contribution is -0.128. The zero-order chi connectivity index (χ0) is 17.9. The van der Waals surface area contributed by atoms with Gasteiger partial charge in [-0.1, -0.05) is 23.9 Å². The van der Waals surface area contributed by atoms with Gasteiger partial charge in [0.2, 0.25) is 5.91 Å². The molecule has 8 heteroatoms. The molecule has 1 aliphatic rings. The van der Waals surface area contributed by atoms with Crippen LogP contribution in [0.15, 0.2) is 47.1 Å². The number of aromatic nitrogens is 2. The monoisotopic (exact) mass is 388 g/mol. The maximum atomic E-state index is 13.9. The zero-order valence-corrected chi connectivity index (χ0v) is 15.6. The van der Waals surface area contributed by atoms with Crippen molar-refractivity contribution in [2.45, 2.75) is 5.03 Å². The molecule has 2 aromatic heterocycles. The number of hydrogen-bond donors (Lipinski definition) is 0. The lowest BCUT2D eigenvalue weighted by Crippen LogP contribution is -2.49. The molecule has 4 rings (SSSR count). The number of nitrogens with zero attached hydrogens (tertiary/aromatic N) is 4. The van der Waals surface area contributed by atoms with Gasteiger partial charge in [-0.05, 0) is 23.6 Å². The Labute approximate surface area is 158 Å². The van der Waals surface area contributed by atoms with Crippen molar-refractivity contribution in [3.63, 3.8) is 0 Å². The van der Waals surface area contributed by atoms with E-state index in [9.17, 15) is 9.18 Å². The molecular formula is C18H17FN4OS2. The second kappa shape index (κ2) is 7.59. The van der Waals surface area contributed by atoms with Crippen molar-refractivity contribution in [2.75, 3.05) is 36.8 Å². The van der Waals surface area contributed by atoms with Crippen molar-refractivity contribution in [1.29, 1.82) is 0 Å². The lowest BCUT2D eigenvalue weighted by atomic mass is 10.2. The smallest absolute Gasteiger partial charge is 0.233 e. The standard InChI is InChI=1S/C18H17FN4OS2/c19-14-3-1-2-4-15(14)22-6-8-23(9-7-22)16(24)11-26-18-13-5-10-25-17(13)20-12-21-18/h1-5,10,12H,6-9,11H2. The van der Waals surface area contributed by atoms with Gasteiger partial charge in [-0.3, -0.25) is 4.79 Å². The Bertz CT molecular complexity index is 924. The molecule has 3 aromatic rings. The first-order chi connectivity index (χ1) is 12.7. The number of rotatable bonds is 4. The van der Waals surface area contributed by atoms with Gasteiger partial charge in [0, 0.05) is 31.6 Å². The van der Waals surface area contributed by atoms with E-state index in [1.54, 1.807) is 29.8 Å². The van der Waals surface area contributed by atoms with Crippen molar-refractivity contribution >= 4 is 44.9 Å². The average molecular weight is 388 g/mol. The summed E-state index contributed by atoms with van der Waals surface area (Å²) in [5.74, 6) is 0.221. The third-order valence-electron chi connectivity index (χ3n) is 4.38. The Morgan fingerprint density at radius 2 is 1.96 bits per heavy atom. The molecule has 0 atom stereocenters. The van der Waals surface area contributed by atoms with E-state index >= 15 is 0 Å². The summed E-state index contributed by atoms with van der Waals surface area (Å²) in [6, 6.07) is 8.76. The Balaban J connectivity index is 1.34. The van der Waals surface area contributed by atoms with Crippen molar-refractivity contribution in [3.8, 4) is 0 Å². The second-order valence-electron chi connectivity index (χ2n) is 5.93. The predicted molar refractivity (Wildman–Crippen MR) is 103 cm³/mol. The van der Waals surface area contributed by atoms with E-state index < -0.39 is 0 Å². The minimum absolute atomic E-state index is 0.0881. The lowest BCUT2D eigenvalue weighted by Gasteiger charge is -2.36. The average Bonchev–Trinajstić information content (AvgIpc) is 3.16. The normalized spacial score (nSPS) is 14.8. The first-order valence-electron chi connectivity index (χ1n) is 8.30. The van der Waals surface area contributed by atoms with E-state index in [-0.39, 0.29) is 11.7 Å². The summed E-state index contributed by atoms with van der Waals surface area (Å²) in [4.78, 5) is 25.8. The van der Waals surface area contributed by atoms with E-state index in [4.69, 9.17) is 0 Å². The van der Waals surface area contributed by atoms with Crippen molar-refractivity contribution in [1.82, 2.24) is 14.9 Å². The molecule has 134 valence electrons. The zero-order valence-electron chi connectivity index (χ0n) is 14.0. The van der Waals surface area contributed by atoms with Gasteiger partial charge in [-0.15, -0.1) is 11.3 Å². The van der Waals surface area contributed by atoms with Crippen LogP contribution in [0, 0.1) is 5.82 Å². The SMILES string of the molecule is O=C(CSc1ncnc2sccc12)N1CCN(c2ccccc2F)CC1. The van der Waals surface area contributed by atoms with Gasteiger partial charge in [-0.2, -0.15) is 0 Å². The molecular weight excluding hydrogens is 371 g/mol. The van der Waals surface area contributed by atoms with E-state index in [0.717, 1.165) is 15.2 Å². The minimum atomic E-state index is -0.216. The second-order valence-corrected chi connectivity index (χ2v) is 7.78. The molecule has 3 heterocycles. The maximum Gasteiger partial charge on any atom is 0.233 e. The summed E-state index contributed by atoms with van der Waals surface area (Å²) in [7, 11) is 0. The third-order valence-corrected chi connectivity index (χ3v) is 6.19. The van der Waals surface area contributed by atoms with Crippen LogP contribution in [0.1, 0.15) is 0 Å². The summed E-state index contributed by atoms with van der Waals surface area (Å²) in [6.45, 7) is 2.48. The van der Waals surface area contributed by atoms with Crippen LogP contribution in [0.4, 0.5) is 10.1 Å². The topological polar surface area (TPSA) is 49.3 Å². The van der Waals surface area contributed by atoms with Crippen LogP contribution >= 0.6 is 23.1 Å². The van der Waals surface area contributed by atoms with Gasteiger partial charge in [0.1, 0.15) is 22.0 Å². The summed E-state index contributed by atoms with van der Waals surface area (Å²) < 4.78 is 13.9. The van der Waals surface area contributed by atoms with Gasteiger partial charge in [-0.25, -0.2) is 14.4 Å². The van der Waals surface area contributed by atoms with E-state index in [1.807, 2.05) is 27.3 Å². The largest absolute Gasteiger partial charge is 0.366 e. The van der Waals surface area contributed by atoms with Crippen LogP contribution in [-0.4, -0.2) is 52.7 Å². The van der Waals surface area contributed by atoms with Crippen LogP contribution in [0.5, 0.6) is 0 Å². The van der Waals surface area contributed by atoms with E-state index in [2.05, 4.69) is 9.97 Å². The number of piperazine rings is 1. The highest BCUT2D eigenvalue weighted by atomic mass is 32.2. The number of fused-ring (bicyclic) bond motifs is 1. The Morgan fingerprint density at radius 3 is 2.77 bits per heavy atom. The van der Waals surface area contributed by atoms with Gasteiger partial charge in [0.25, 0.3) is 0 Å². The summed E-state index contributed by atoms with van der Waals surface area (Å²) >= 11 is 3.01. The van der Waals surface area contributed by atoms with Crippen LogP contribution in [0.3, 0.4) is 0 Å². The minimum Gasteiger partial charge on any atom is -0.366 e. The molecule has 1 aliphatic heterocycles. The molecule has 0 unspecified atom stereocenters. The predicted octanol–water partition coefficient (Wildman–Crippen LogP) is 3.27. The van der Waals surface area contributed by atoms with E-state index in [1.165, 1.54) is 17.8 Å². The van der Waals surface area contributed by atoms with Crippen LogP contribution in [-0.2, 0) is 4.79 Å². The van der Waals surface area contributed by atoms with Gasteiger partial charge in [0.15, 0.2) is 0 Å². The number of carbonyl (C=O) groups excluding carboxylic acids is 1. The van der Waals surface area contributed by atoms with Gasteiger partial charge in [0.05, 0.1) is 11.4 Å². The van der Waals surface area contributed by atoms with E-state index in [0.29, 0.717) is 37.6 Å². The molecule has 1 fully saturated rings. The van der Waals surface area contributed by atoms with Crippen molar-refractivity contribution in [2.24, 2.45) is 0 Å². The van der Waals surface area contributed by atoms with Gasteiger partial charge < -0.3 is 9.80 Å². The summed E-state index contributed by atoms with van der Waals surface area (Å²) in [5.41, 5.74) is 0.606. The molecule has 0 spiro atoms. The quantitative estimate of drug-likeness (QED) is 0.507. The van der Waals surface area contributed by atoms with Crippen molar-refractivity contribution in [3.05, 3.63) is 47.9 Å². The third kappa shape index (κ3) is 3.52. The Morgan fingerprint density at radius 1 is 1.15 bits per heavy atom. The number of thioether (sulfide) groups is 1. The fourth-order valence-corrected chi connectivity index (χ4v) is 4.69. The molecule has 0 saturated carbocycles. The first-order valence-corrected chi connectivity index (χ1v) is 10.2. The number of amides is 1. The fraction of sp³-hybridized carbons (Fsp3) is 0.278. The molecule has 1 saturated heterocycles.